The average Bonchev–Trinajstić information content (AvgIpc) is 3.24. The fourth-order valence-corrected chi connectivity index (χ4v) is 7.59. The minimum absolute atomic E-state index is 0.0227. The standard InChI is InChI=1S/C30H32F3N3O3S/c1-20-17-22(30(31,32)33)9-12-26(20)40(38,39)23-10-7-21(8-11-23)18-35-28(37)27-29(14-5-3-2-4-6-15-29)24-19-34-16-13-25(24)36-27/h7-13,16-17,19,27,36H,2-6,14-15,18H2,1H3,(H,35,37). The quantitative estimate of drug-likeness (QED) is 0.374. The minimum Gasteiger partial charge on any atom is -0.373 e. The molecule has 2 N–H and O–H groups in total. The Kier molecular flexibility index (Phi) is 7.65. The van der Waals surface area contributed by atoms with Crippen molar-refractivity contribution >= 4 is 21.4 Å². The predicted octanol–water partition coefficient (Wildman–Crippen LogP) is 6.33. The molecule has 1 saturated carbocycles. The molecule has 3 aromatic rings. The number of pyridine rings is 1. The Bertz CT molecular complexity index is 1500. The molecule has 10 heteroatoms. The number of nitrogens with one attached hydrogen (secondary N) is 2. The third kappa shape index (κ3) is 5.33. The first-order valence-electron chi connectivity index (χ1n) is 13.5. The number of alkyl halides is 3. The van der Waals surface area contributed by atoms with E-state index in [9.17, 15) is 26.4 Å². The molecule has 2 heterocycles. The second-order valence-corrected chi connectivity index (χ2v) is 12.7. The van der Waals surface area contributed by atoms with Crippen molar-refractivity contribution in [2.75, 3.05) is 5.32 Å². The van der Waals surface area contributed by atoms with Crippen molar-refractivity contribution in [3.63, 3.8) is 0 Å². The third-order valence-electron chi connectivity index (χ3n) is 8.21. The molecule has 1 aliphatic heterocycles. The number of carbonyl (C=O) groups is 1. The molecule has 0 radical (unpaired) electrons. The van der Waals surface area contributed by atoms with Gasteiger partial charge in [0.1, 0.15) is 6.04 Å². The number of benzene rings is 2. The molecule has 5 rings (SSSR count). The Morgan fingerprint density at radius 3 is 2.35 bits per heavy atom. The van der Waals surface area contributed by atoms with Crippen LogP contribution < -0.4 is 10.6 Å². The zero-order valence-corrected chi connectivity index (χ0v) is 23.0. The van der Waals surface area contributed by atoms with Gasteiger partial charge in [0.05, 0.1) is 15.4 Å². The summed E-state index contributed by atoms with van der Waals surface area (Å²) in [6.45, 7) is 1.56. The lowest BCUT2D eigenvalue weighted by molar-refractivity contribution is -0.137. The highest BCUT2D eigenvalue weighted by Crippen LogP contribution is 2.48. The summed E-state index contributed by atoms with van der Waals surface area (Å²) >= 11 is 0. The molecule has 0 bridgehead atoms. The number of aryl methyl sites for hydroxylation is 1. The Hall–Kier alpha value is -3.40. The summed E-state index contributed by atoms with van der Waals surface area (Å²) in [4.78, 5) is 17.7. The number of halogens is 3. The molecule has 1 amide bonds. The van der Waals surface area contributed by atoms with Gasteiger partial charge in [0.25, 0.3) is 0 Å². The van der Waals surface area contributed by atoms with Gasteiger partial charge in [0.2, 0.25) is 15.7 Å². The summed E-state index contributed by atoms with van der Waals surface area (Å²) in [5.41, 5.74) is 1.57. The molecular weight excluding hydrogens is 539 g/mol. The highest BCUT2D eigenvalue weighted by molar-refractivity contribution is 7.91. The number of hydrogen-bond acceptors (Lipinski definition) is 5. The van der Waals surface area contributed by atoms with Crippen molar-refractivity contribution < 1.29 is 26.4 Å². The molecule has 1 fully saturated rings. The van der Waals surface area contributed by atoms with E-state index in [1.54, 1.807) is 18.3 Å². The molecule has 2 aliphatic rings. The van der Waals surface area contributed by atoms with E-state index in [-0.39, 0.29) is 33.2 Å². The summed E-state index contributed by atoms with van der Waals surface area (Å²) in [6.07, 6.45) is 6.48. The Balaban J connectivity index is 1.30. The van der Waals surface area contributed by atoms with Gasteiger partial charge < -0.3 is 10.6 Å². The molecule has 6 nitrogen and oxygen atoms in total. The van der Waals surface area contributed by atoms with Gasteiger partial charge in [-0.3, -0.25) is 9.78 Å². The van der Waals surface area contributed by atoms with E-state index in [4.69, 9.17) is 0 Å². The molecular formula is C30H32F3N3O3S. The first-order chi connectivity index (χ1) is 19.0. The van der Waals surface area contributed by atoms with Crippen LogP contribution in [0.2, 0.25) is 0 Å². The fraction of sp³-hybridized carbons (Fsp3) is 0.400. The zero-order valence-electron chi connectivity index (χ0n) is 22.2. The number of nitrogens with zero attached hydrogens (tertiary/aromatic N) is 1. The molecule has 1 aromatic heterocycles. The number of fused-ring (bicyclic) bond motifs is 2. The molecule has 1 spiro atoms. The van der Waals surface area contributed by atoms with Crippen LogP contribution in [-0.2, 0) is 32.8 Å². The van der Waals surface area contributed by atoms with E-state index < -0.39 is 27.6 Å². The number of carbonyl (C=O) groups excluding carboxylic acids is 1. The molecule has 40 heavy (non-hydrogen) atoms. The summed E-state index contributed by atoms with van der Waals surface area (Å²) < 4.78 is 65.3. The van der Waals surface area contributed by atoms with Crippen LogP contribution in [0.25, 0.3) is 0 Å². The first kappa shape index (κ1) is 28.1. The van der Waals surface area contributed by atoms with Crippen molar-refractivity contribution in [3.8, 4) is 0 Å². The van der Waals surface area contributed by atoms with Crippen LogP contribution in [0.4, 0.5) is 18.9 Å². The summed E-state index contributed by atoms with van der Waals surface area (Å²) in [5.74, 6) is -0.117. The van der Waals surface area contributed by atoms with E-state index in [1.165, 1.54) is 25.5 Å². The van der Waals surface area contributed by atoms with Crippen LogP contribution in [0, 0.1) is 6.92 Å². The molecule has 0 saturated heterocycles. The van der Waals surface area contributed by atoms with E-state index in [0.717, 1.165) is 68.0 Å². The van der Waals surface area contributed by atoms with Crippen LogP contribution >= 0.6 is 0 Å². The Morgan fingerprint density at radius 1 is 1.02 bits per heavy atom. The summed E-state index contributed by atoms with van der Waals surface area (Å²) in [6, 6.07) is 10.2. The summed E-state index contributed by atoms with van der Waals surface area (Å²) in [7, 11) is -4.02. The van der Waals surface area contributed by atoms with Crippen molar-refractivity contribution in [2.24, 2.45) is 0 Å². The normalized spacial score (nSPS) is 18.9. The van der Waals surface area contributed by atoms with Crippen molar-refractivity contribution in [2.45, 2.75) is 85.8 Å². The third-order valence-corrected chi connectivity index (χ3v) is 10.1. The number of rotatable bonds is 5. The molecule has 1 aliphatic carbocycles. The van der Waals surface area contributed by atoms with Crippen molar-refractivity contribution in [1.82, 2.24) is 10.3 Å². The van der Waals surface area contributed by atoms with Crippen LogP contribution in [0.1, 0.15) is 67.2 Å². The first-order valence-corrected chi connectivity index (χ1v) is 15.0. The Morgan fingerprint density at radius 2 is 1.70 bits per heavy atom. The smallest absolute Gasteiger partial charge is 0.373 e. The van der Waals surface area contributed by atoms with Crippen LogP contribution in [0.3, 0.4) is 0 Å². The number of anilines is 1. The lowest BCUT2D eigenvalue weighted by Gasteiger charge is -2.36. The van der Waals surface area contributed by atoms with E-state index in [0.29, 0.717) is 5.56 Å². The highest BCUT2D eigenvalue weighted by atomic mass is 32.2. The minimum atomic E-state index is -4.55. The number of amides is 1. The van der Waals surface area contributed by atoms with Gasteiger partial charge >= 0.3 is 6.18 Å². The largest absolute Gasteiger partial charge is 0.416 e. The fourth-order valence-electron chi connectivity index (χ4n) is 6.11. The number of hydrogen-bond donors (Lipinski definition) is 2. The average molecular weight is 572 g/mol. The maximum Gasteiger partial charge on any atom is 0.416 e. The van der Waals surface area contributed by atoms with Crippen molar-refractivity contribution in [3.05, 3.63) is 83.2 Å². The Labute approximate surface area is 232 Å². The maximum absolute atomic E-state index is 13.5. The second-order valence-electron chi connectivity index (χ2n) is 10.8. The van der Waals surface area contributed by atoms with Gasteiger partial charge in [-0.15, -0.1) is 0 Å². The second kappa shape index (κ2) is 10.9. The molecule has 1 atom stereocenters. The molecule has 212 valence electrons. The van der Waals surface area contributed by atoms with Gasteiger partial charge in [-0.1, -0.05) is 44.2 Å². The van der Waals surface area contributed by atoms with Crippen LogP contribution in [0.5, 0.6) is 0 Å². The number of sulfone groups is 1. The highest BCUT2D eigenvalue weighted by Gasteiger charge is 2.49. The van der Waals surface area contributed by atoms with Gasteiger partial charge in [-0.2, -0.15) is 13.2 Å². The topological polar surface area (TPSA) is 88.2 Å². The lowest BCUT2D eigenvalue weighted by Crippen LogP contribution is -2.50. The lowest BCUT2D eigenvalue weighted by atomic mass is 9.68. The SMILES string of the molecule is Cc1cc(C(F)(F)F)ccc1S(=O)(=O)c1ccc(CNC(=O)C2Nc3ccncc3C23CCCCCCC3)cc1. The zero-order chi connectivity index (χ0) is 28.5. The van der Waals surface area contributed by atoms with Gasteiger partial charge in [0.15, 0.2) is 0 Å². The molecule has 2 aromatic carbocycles. The maximum atomic E-state index is 13.5. The monoisotopic (exact) mass is 571 g/mol. The van der Waals surface area contributed by atoms with E-state index in [1.807, 2.05) is 12.3 Å². The van der Waals surface area contributed by atoms with Gasteiger partial charge in [0, 0.05) is 35.6 Å². The van der Waals surface area contributed by atoms with Crippen LogP contribution in [0.15, 0.2) is 70.7 Å². The molecule has 1 unspecified atom stereocenters. The van der Waals surface area contributed by atoms with Crippen molar-refractivity contribution in [1.29, 1.82) is 0 Å². The van der Waals surface area contributed by atoms with Crippen LogP contribution in [-0.4, -0.2) is 25.4 Å². The summed E-state index contributed by atoms with van der Waals surface area (Å²) in [5, 5.41) is 6.47. The number of aromatic nitrogens is 1. The van der Waals surface area contributed by atoms with E-state index in [2.05, 4.69) is 15.6 Å². The van der Waals surface area contributed by atoms with Gasteiger partial charge in [-0.05, 0) is 67.3 Å². The predicted molar refractivity (Wildman–Crippen MR) is 146 cm³/mol. The van der Waals surface area contributed by atoms with E-state index >= 15 is 0 Å². The van der Waals surface area contributed by atoms with Gasteiger partial charge in [-0.25, -0.2) is 8.42 Å².